The molecular formula is C18H18N4O3S. The van der Waals surface area contributed by atoms with Crippen molar-refractivity contribution in [1.82, 2.24) is 5.32 Å². The van der Waals surface area contributed by atoms with E-state index in [1.54, 1.807) is 6.21 Å². The molecule has 134 valence electrons. The maximum absolute atomic E-state index is 11.7. The number of carbonyl (C=O) groups excluding carboxylic acids is 2. The third kappa shape index (κ3) is 4.02. The zero-order valence-corrected chi connectivity index (χ0v) is 15.1. The van der Waals surface area contributed by atoms with Crippen molar-refractivity contribution in [2.45, 2.75) is 6.42 Å². The number of methoxy groups -OCH3 is 1. The molecule has 2 aliphatic rings. The summed E-state index contributed by atoms with van der Waals surface area (Å²) in [5, 5.41) is 10.9. The lowest BCUT2D eigenvalue weighted by atomic mass is 10.1. The molecule has 8 heteroatoms. The van der Waals surface area contributed by atoms with Gasteiger partial charge in [0.25, 0.3) is 5.91 Å². The van der Waals surface area contributed by atoms with Gasteiger partial charge >= 0.3 is 5.97 Å². The Labute approximate surface area is 155 Å². The zero-order valence-electron chi connectivity index (χ0n) is 14.3. The highest BCUT2D eigenvalue weighted by atomic mass is 32.2. The van der Waals surface area contributed by atoms with Crippen LogP contribution in [-0.2, 0) is 20.7 Å². The average Bonchev–Trinajstić information content (AvgIpc) is 3.18. The number of nitrogens with one attached hydrogen (secondary N) is 1. The third-order valence-corrected chi connectivity index (χ3v) is 4.80. The highest BCUT2D eigenvalue weighted by molar-refractivity contribution is 8.18. The number of esters is 1. The van der Waals surface area contributed by atoms with Crippen molar-refractivity contribution in [3.63, 3.8) is 0 Å². The van der Waals surface area contributed by atoms with Crippen LogP contribution in [0.1, 0.15) is 11.1 Å². The van der Waals surface area contributed by atoms with E-state index in [1.165, 1.54) is 18.4 Å². The molecule has 0 radical (unpaired) electrons. The fourth-order valence-electron chi connectivity index (χ4n) is 2.70. The van der Waals surface area contributed by atoms with E-state index in [1.807, 2.05) is 12.1 Å². The van der Waals surface area contributed by atoms with E-state index in [0.29, 0.717) is 5.17 Å². The first-order valence-electron chi connectivity index (χ1n) is 7.99. The Morgan fingerprint density at radius 2 is 2.35 bits per heavy atom. The monoisotopic (exact) mass is 370 g/mol. The van der Waals surface area contributed by atoms with Crippen molar-refractivity contribution >= 4 is 40.7 Å². The third-order valence-electron chi connectivity index (χ3n) is 3.90. The molecule has 2 heterocycles. The Balaban J connectivity index is 1.67. The second-order valence-electron chi connectivity index (χ2n) is 5.61. The van der Waals surface area contributed by atoms with Crippen LogP contribution in [0.25, 0.3) is 0 Å². The molecule has 1 aromatic rings. The molecule has 0 unspecified atom stereocenters. The predicted molar refractivity (Wildman–Crippen MR) is 103 cm³/mol. The van der Waals surface area contributed by atoms with Gasteiger partial charge in [-0.05, 0) is 41.4 Å². The number of ether oxygens (including phenoxy) is 1. The molecule has 3 rings (SSSR count). The van der Waals surface area contributed by atoms with Crippen LogP contribution in [-0.4, -0.2) is 43.5 Å². The molecule has 7 nitrogen and oxygen atoms in total. The van der Waals surface area contributed by atoms with E-state index < -0.39 is 11.9 Å². The molecular weight excluding hydrogens is 352 g/mol. The number of hydrogen-bond donors (Lipinski definition) is 1. The number of amides is 1. The van der Waals surface area contributed by atoms with Gasteiger partial charge in [-0.3, -0.25) is 10.1 Å². The minimum Gasteiger partial charge on any atom is -0.466 e. The number of thioether (sulfide) groups is 1. The van der Waals surface area contributed by atoms with Crippen LogP contribution in [0.5, 0.6) is 0 Å². The summed E-state index contributed by atoms with van der Waals surface area (Å²) >= 11 is 1.04. The Hall–Kier alpha value is -2.87. The highest BCUT2D eigenvalue weighted by Crippen LogP contribution is 2.28. The molecule has 0 atom stereocenters. The number of nitrogens with zero attached hydrogens (tertiary/aromatic N) is 3. The van der Waals surface area contributed by atoms with Crippen LogP contribution in [0, 0.1) is 0 Å². The van der Waals surface area contributed by atoms with Crippen LogP contribution >= 0.6 is 11.8 Å². The van der Waals surface area contributed by atoms with Crippen molar-refractivity contribution in [3.05, 3.63) is 53.0 Å². The summed E-state index contributed by atoms with van der Waals surface area (Å²) in [6.07, 6.45) is 5.66. The molecule has 1 aromatic carbocycles. The SMILES string of the molecule is C=CCN1CCc2cc(C=N/N=C3/NC(=O)/C(=C\C(=O)OC)S3)ccc21. The van der Waals surface area contributed by atoms with Crippen LogP contribution in [0.15, 0.2) is 52.0 Å². The number of fused-ring (bicyclic) bond motifs is 1. The lowest BCUT2D eigenvalue weighted by molar-refractivity contribution is -0.135. The van der Waals surface area contributed by atoms with E-state index in [2.05, 4.69) is 43.9 Å². The number of rotatable bonds is 5. The van der Waals surface area contributed by atoms with Gasteiger partial charge < -0.3 is 9.64 Å². The van der Waals surface area contributed by atoms with Gasteiger partial charge in [0.1, 0.15) is 0 Å². The average molecular weight is 370 g/mol. The van der Waals surface area contributed by atoms with Gasteiger partial charge in [0.15, 0.2) is 5.17 Å². The fourth-order valence-corrected chi connectivity index (χ4v) is 3.44. The second kappa shape index (κ2) is 8.01. The molecule has 0 aliphatic carbocycles. The van der Waals surface area contributed by atoms with Gasteiger partial charge in [0, 0.05) is 24.9 Å². The molecule has 1 amide bonds. The lowest BCUT2D eigenvalue weighted by Crippen LogP contribution is -2.19. The van der Waals surface area contributed by atoms with Gasteiger partial charge in [0.05, 0.1) is 18.2 Å². The highest BCUT2D eigenvalue weighted by Gasteiger charge is 2.25. The Morgan fingerprint density at radius 1 is 1.50 bits per heavy atom. The van der Waals surface area contributed by atoms with E-state index in [0.717, 1.165) is 42.9 Å². The predicted octanol–water partition coefficient (Wildman–Crippen LogP) is 1.84. The van der Waals surface area contributed by atoms with Crippen molar-refractivity contribution in [2.24, 2.45) is 10.2 Å². The van der Waals surface area contributed by atoms with E-state index in [9.17, 15) is 9.59 Å². The van der Waals surface area contributed by atoms with Crippen molar-refractivity contribution in [3.8, 4) is 0 Å². The smallest absolute Gasteiger partial charge is 0.331 e. The lowest BCUT2D eigenvalue weighted by Gasteiger charge is -2.16. The second-order valence-corrected chi connectivity index (χ2v) is 6.64. The molecule has 2 aliphatic heterocycles. The molecule has 0 saturated carbocycles. The van der Waals surface area contributed by atoms with E-state index in [4.69, 9.17) is 0 Å². The maximum atomic E-state index is 11.7. The van der Waals surface area contributed by atoms with Gasteiger partial charge in [-0.25, -0.2) is 4.79 Å². The van der Waals surface area contributed by atoms with Crippen molar-refractivity contribution in [1.29, 1.82) is 0 Å². The van der Waals surface area contributed by atoms with Gasteiger partial charge in [-0.1, -0.05) is 12.1 Å². The van der Waals surface area contributed by atoms with Crippen LogP contribution in [0.3, 0.4) is 0 Å². The quantitative estimate of drug-likeness (QED) is 0.281. The standard InChI is InChI=1S/C18H18N4O3S/c1-3-7-22-8-6-13-9-12(4-5-14(13)22)11-19-21-18-20-17(24)15(26-18)10-16(23)25-2/h3-5,9-11H,1,6-8H2,2H3,(H,20,21,24)/b15-10+,19-11?. The van der Waals surface area contributed by atoms with Crippen LogP contribution in [0.2, 0.25) is 0 Å². The molecule has 1 fully saturated rings. The van der Waals surface area contributed by atoms with Crippen LogP contribution < -0.4 is 10.2 Å². The molecule has 26 heavy (non-hydrogen) atoms. The summed E-state index contributed by atoms with van der Waals surface area (Å²) in [5.41, 5.74) is 3.44. The summed E-state index contributed by atoms with van der Waals surface area (Å²) in [5.74, 6) is -0.981. The Bertz CT molecular complexity index is 845. The minimum absolute atomic E-state index is 0.227. The molecule has 0 bridgehead atoms. The topological polar surface area (TPSA) is 83.4 Å². The number of amidine groups is 1. The summed E-state index contributed by atoms with van der Waals surface area (Å²) < 4.78 is 4.51. The Morgan fingerprint density at radius 3 is 3.12 bits per heavy atom. The summed E-state index contributed by atoms with van der Waals surface area (Å²) in [6, 6.07) is 6.14. The fraction of sp³-hybridized carbons (Fsp3) is 0.222. The number of benzene rings is 1. The zero-order chi connectivity index (χ0) is 18.5. The van der Waals surface area contributed by atoms with E-state index >= 15 is 0 Å². The summed E-state index contributed by atoms with van der Waals surface area (Å²) in [7, 11) is 1.25. The van der Waals surface area contributed by atoms with Gasteiger partial charge in [0.2, 0.25) is 0 Å². The molecule has 0 spiro atoms. The number of carbonyl (C=O) groups is 2. The Kier molecular flexibility index (Phi) is 5.52. The number of hydrogen-bond acceptors (Lipinski definition) is 7. The normalized spacial score (nSPS) is 19.3. The molecule has 1 saturated heterocycles. The van der Waals surface area contributed by atoms with Crippen molar-refractivity contribution in [2.75, 3.05) is 25.1 Å². The summed E-state index contributed by atoms with van der Waals surface area (Å²) in [4.78, 5) is 25.4. The largest absolute Gasteiger partial charge is 0.466 e. The van der Waals surface area contributed by atoms with Crippen LogP contribution in [0.4, 0.5) is 5.69 Å². The minimum atomic E-state index is -0.587. The number of anilines is 1. The first-order chi connectivity index (χ1) is 12.6. The molecule has 1 N–H and O–H groups in total. The van der Waals surface area contributed by atoms with E-state index in [-0.39, 0.29) is 4.91 Å². The first kappa shape index (κ1) is 17.9. The van der Waals surface area contributed by atoms with Gasteiger partial charge in [-0.15, -0.1) is 11.7 Å². The molecule has 0 aromatic heterocycles. The van der Waals surface area contributed by atoms with Gasteiger partial charge in [-0.2, -0.15) is 5.10 Å². The first-order valence-corrected chi connectivity index (χ1v) is 8.81. The maximum Gasteiger partial charge on any atom is 0.331 e. The summed E-state index contributed by atoms with van der Waals surface area (Å²) in [6.45, 7) is 5.61. The van der Waals surface area contributed by atoms with Crippen molar-refractivity contribution < 1.29 is 14.3 Å².